The molecule has 0 saturated heterocycles. The number of carbonyl (C=O) groups is 1. The van der Waals surface area contributed by atoms with E-state index < -0.39 is 0 Å². The normalized spacial score (nSPS) is 30.5. The number of amides is 1. The van der Waals surface area contributed by atoms with Gasteiger partial charge in [0.1, 0.15) is 0 Å². The van der Waals surface area contributed by atoms with Crippen LogP contribution in [-0.4, -0.2) is 18.0 Å². The molecular formula is C14H24N2O. The second kappa shape index (κ2) is 4.65. The topological polar surface area (TPSA) is 55.1 Å². The summed E-state index contributed by atoms with van der Waals surface area (Å²) in [6, 6.07) is 0.229. The largest absolute Gasteiger partial charge is 0.349 e. The summed E-state index contributed by atoms with van der Waals surface area (Å²) in [5, 5.41) is 3.05. The molecule has 1 amide bonds. The highest BCUT2D eigenvalue weighted by Crippen LogP contribution is 2.52. The van der Waals surface area contributed by atoms with E-state index in [0.717, 1.165) is 0 Å². The molecule has 0 aromatic carbocycles. The maximum Gasteiger partial charge on any atom is 0.244 e. The van der Waals surface area contributed by atoms with Crippen LogP contribution in [0.2, 0.25) is 0 Å². The Morgan fingerprint density at radius 2 is 1.71 bits per heavy atom. The summed E-state index contributed by atoms with van der Waals surface area (Å²) in [4.78, 5) is 11.7. The van der Waals surface area contributed by atoms with Gasteiger partial charge in [-0.15, -0.1) is 0 Å². The molecule has 96 valence electrons. The minimum atomic E-state index is -0.0545. The van der Waals surface area contributed by atoms with Crippen molar-refractivity contribution in [2.75, 3.05) is 0 Å². The van der Waals surface area contributed by atoms with E-state index in [0.29, 0.717) is 0 Å². The molecule has 0 aliphatic heterocycles. The zero-order valence-electron chi connectivity index (χ0n) is 11.4. The van der Waals surface area contributed by atoms with E-state index in [9.17, 15) is 4.79 Å². The van der Waals surface area contributed by atoms with Crippen LogP contribution in [0.15, 0.2) is 24.3 Å². The monoisotopic (exact) mass is 236 g/mol. The SMILES string of the molecule is CC=CC=CC(=O)NC1C(C)(C)C(N)C1(C)C. The fraction of sp³-hybridized carbons (Fsp3) is 0.643. The first-order valence-electron chi connectivity index (χ1n) is 6.10. The highest BCUT2D eigenvalue weighted by atomic mass is 16.1. The summed E-state index contributed by atoms with van der Waals surface area (Å²) in [6.07, 6.45) is 7.02. The van der Waals surface area contributed by atoms with Gasteiger partial charge < -0.3 is 11.1 Å². The summed E-state index contributed by atoms with van der Waals surface area (Å²) in [5.41, 5.74) is 6.05. The molecule has 0 atom stereocenters. The second-order valence-corrected chi connectivity index (χ2v) is 5.95. The molecule has 3 nitrogen and oxygen atoms in total. The molecule has 0 spiro atoms. The molecule has 0 radical (unpaired) electrons. The average Bonchev–Trinajstić information content (AvgIpc) is 2.25. The molecule has 0 aromatic rings. The lowest BCUT2D eigenvalue weighted by Gasteiger charge is -2.62. The molecule has 0 heterocycles. The van der Waals surface area contributed by atoms with Crippen LogP contribution in [0, 0.1) is 10.8 Å². The van der Waals surface area contributed by atoms with E-state index in [4.69, 9.17) is 5.73 Å². The number of carbonyl (C=O) groups excluding carboxylic acids is 1. The zero-order valence-corrected chi connectivity index (χ0v) is 11.4. The zero-order chi connectivity index (χ0) is 13.3. The Balaban J connectivity index is 2.66. The summed E-state index contributed by atoms with van der Waals surface area (Å²) < 4.78 is 0. The van der Waals surface area contributed by atoms with Gasteiger partial charge in [0.15, 0.2) is 0 Å². The molecule has 0 bridgehead atoms. The fourth-order valence-electron chi connectivity index (χ4n) is 3.00. The van der Waals surface area contributed by atoms with Crippen LogP contribution >= 0.6 is 0 Å². The Morgan fingerprint density at radius 3 is 2.18 bits per heavy atom. The number of hydrogen-bond donors (Lipinski definition) is 2. The first kappa shape index (κ1) is 14.0. The first-order chi connectivity index (χ1) is 7.74. The van der Waals surface area contributed by atoms with Gasteiger partial charge in [-0.25, -0.2) is 0 Å². The van der Waals surface area contributed by atoms with Crippen molar-refractivity contribution in [3.63, 3.8) is 0 Å². The van der Waals surface area contributed by atoms with Crippen molar-refractivity contribution < 1.29 is 4.79 Å². The van der Waals surface area contributed by atoms with E-state index in [1.54, 1.807) is 12.2 Å². The molecule has 0 aromatic heterocycles. The van der Waals surface area contributed by atoms with Gasteiger partial charge in [-0.05, 0) is 6.92 Å². The van der Waals surface area contributed by atoms with Gasteiger partial charge in [0, 0.05) is 29.0 Å². The van der Waals surface area contributed by atoms with E-state index in [1.807, 2.05) is 19.1 Å². The Labute approximate surface area is 104 Å². The lowest BCUT2D eigenvalue weighted by molar-refractivity contribution is -0.127. The molecule has 1 saturated carbocycles. The molecular weight excluding hydrogens is 212 g/mol. The molecule has 1 rings (SSSR count). The number of nitrogens with two attached hydrogens (primary N) is 1. The average molecular weight is 236 g/mol. The Hall–Kier alpha value is -1.09. The van der Waals surface area contributed by atoms with Crippen LogP contribution in [0.1, 0.15) is 34.6 Å². The first-order valence-corrected chi connectivity index (χ1v) is 6.10. The molecule has 1 fully saturated rings. The number of hydrogen-bond acceptors (Lipinski definition) is 2. The Kier molecular flexibility index (Phi) is 3.82. The summed E-state index contributed by atoms with van der Waals surface area (Å²) in [5.74, 6) is -0.0545. The predicted molar refractivity (Wildman–Crippen MR) is 71.4 cm³/mol. The second-order valence-electron chi connectivity index (χ2n) is 5.95. The van der Waals surface area contributed by atoms with Crippen molar-refractivity contribution in [3.05, 3.63) is 24.3 Å². The maximum absolute atomic E-state index is 11.7. The van der Waals surface area contributed by atoms with Crippen molar-refractivity contribution >= 4 is 5.91 Å². The minimum absolute atomic E-state index is 0.0480. The van der Waals surface area contributed by atoms with Crippen LogP contribution < -0.4 is 11.1 Å². The molecule has 3 N–H and O–H groups in total. The molecule has 17 heavy (non-hydrogen) atoms. The van der Waals surface area contributed by atoms with E-state index in [1.165, 1.54) is 0 Å². The minimum Gasteiger partial charge on any atom is -0.349 e. The van der Waals surface area contributed by atoms with Crippen molar-refractivity contribution in [3.8, 4) is 0 Å². The van der Waals surface area contributed by atoms with Gasteiger partial charge in [-0.1, -0.05) is 45.9 Å². The van der Waals surface area contributed by atoms with Crippen LogP contribution in [0.4, 0.5) is 0 Å². The summed E-state index contributed by atoms with van der Waals surface area (Å²) in [7, 11) is 0. The summed E-state index contributed by atoms with van der Waals surface area (Å²) >= 11 is 0. The van der Waals surface area contributed by atoms with Crippen molar-refractivity contribution in [1.82, 2.24) is 5.32 Å². The van der Waals surface area contributed by atoms with Crippen LogP contribution in [0.25, 0.3) is 0 Å². The standard InChI is InChI=1S/C14H24N2O/c1-6-7-8-9-10(17)16-12-13(2,3)11(15)14(12,4)5/h6-9,11-12H,15H2,1-5H3,(H,16,17). The van der Waals surface area contributed by atoms with Gasteiger partial charge in [0.05, 0.1) is 0 Å². The third kappa shape index (κ3) is 2.44. The quantitative estimate of drug-likeness (QED) is 0.581. The third-order valence-electron chi connectivity index (χ3n) is 3.93. The number of rotatable bonds is 3. The molecule has 1 aliphatic carbocycles. The highest BCUT2D eigenvalue weighted by molar-refractivity contribution is 5.88. The van der Waals surface area contributed by atoms with Gasteiger partial charge in [-0.3, -0.25) is 4.79 Å². The third-order valence-corrected chi connectivity index (χ3v) is 3.93. The van der Waals surface area contributed by atoms with Crippen molar-refractivity contribution in [2.24, 2.45) is 16.6 Å². The smallest absolute Gasteiger partial charge is 0.244 e. The van der Waals surface area contributed by atoms with E-state index in [2.05, 4.69) is 33.0 Å². The molecule has 1 aliphatic rings. The number of allylic oxidation sites excluding steroid dienone is 3. The van der Waals surface area contributed by atoms with E-state index >= 15 is 0 Å². The summed E-state index contributed by atoms with van der Waals surface area (Å²) in [6.45, 7) is 10.3. The highest BCUT2D eigenvalue weighted by Gasteiger charge is 2.60. The van der Waals surface area contributed by atoms with Crippen molar-refractivity contribution in [1.29, 1.82) is 0 Å². The maximum atomic E-state index is 11.7. The van der Waals surface area contributed by atoms with Gasteiger partial charge >= 0.3 is 0 Å². The Morgan fingerprint density at radius 1 is 1.18 bits per heavy atom. The van der Waals surface area contributed by atoms with Crippen molar-refractivity contribution in [2.45, 2.75) is 46.7 Å². The van der Waals surface area contributed by atoms with Crippen LogP contribution in [-0.2, 0) is 4.79 Å². The lowest BCUT2D eigenvalue weighted by atomic mass is 9.48. The van der Waals surface area contributed by atoms with Gasteiger partial charge in [0.2, 0.25) is 5.91 Å². The Bertz CT molecular complexity index is 337. The molecule has 0 unspecified atom stereocenters. The van der Waals surface area contributed by atoms with Gasteiger partial charge in [-0.2, -0.15) is 0 Å². The van der Waals surface area contributed by atoms with Crippen LogP contribution in [0.3, 0.4) is 0 Å². The number of nitrogens with one attached hydrogen (secondary N) is 1. The predicted octanol–water partition coefficient (Wildman–Crippen LogP) is 2.00. The molecule has 3 heteroatoms. The van der Waals surface area contributed by atoms with Gasteiger partial charge in [0.25, 0.3) is 0 Å². The van der Waals surface area contributed by atoms with E-state index in [-0.39, 0.29) is 28.8 Å². The lowest BCUT2D eigenvalue weighted by Crippen LogP contribution is -2.75. The fourth-order valence-corrected chi connectivity index (χ4v) is 3.00. The van der Waals surface area contributed by atoms with Crippen LogP contribution in [0.5, 0.6) is 0 Å².